The molecule has 0 atom stereocenters. The van der Waals surface area contributed by atoms with E-state index in [0.717, 1.165) is 0 Å². The van der Waals surface area contributed by atoms with Crippen LogP contribution in [0.5, 0.6) is 0 Å². The molecule has 2 heterocycles. The number of fused-ring (bicyclic) bond motifs is 11. The van der Waals surface area contributed by atoms with Crippen LogP contribution in [0.4, 0.5) is 0 Å². The van der Waals surface area contributed by atoms with E-state index in [9.17, 15) is 0 Å². The van der Waals surface area contributed by atoms with Crippen LogP contribution < -0.4 is 0 Å². The smallest absolute Gasteiger partial charge is 0.0548 e. The molecular formula is C38H24N2. The molecule has 0 radical (unpaired) electrons. The van der Waals surface area contributed by atoms with Gasteiger partial charge in [-0.05, 0) is 80.8 Å². The summed E-state index contributed by atoms with van der Waals surface area (Å²) in [4.78, 5) is 0. The highest BCUT2D eigenvalue weighted by atomic mass is 15.0. The van der Waals surface area contributed by atoms with Crippen LogP contribution in [0, 0.1) is 0 Å². The first kappa shape index (κ1) is 21.6. The number of para-hydroxylation sites is 2. The Bertz CT molecular complexity index is 2390. The van der Waals surface area contributed by atoms with Crippen molar-refractivity contribution >= 4 is 65.0 Å². The van der Waals surface area contributed by atoms with Crippen LogP contribution in [-0.4, -0.2) is 9.13 Å². The summed E-state index contributed by atoms with van der Waals surface area (Å²) in [6.07, 6.45) is 2.19. The molecule has 0 aliphatic rings. The minimum Gasteiger partial charge on any atom is -0.317 e. The van der Waals surface area contributed by atoms with E-state index in [1.165, 1.54) is 76.4 Å². The monoisotopic (exact) mass is 508 g/mol. The summed E-state index contributed by atoms with van der Waals surface area (Å²) in [6.45, 7) is 0. The van der Waals surface area contributed by atoms with Gasteiger partial charge in [0.05, 0.1) is 16.6 Å². The third-order valence-electron chi connectivity index (χ3n) is 8.53. The maximum Gasteiger partial charge on any atom is 0.0548 e. The Balaban J connectivity index is 1.38. The summed E-state index contributed by atoms with van der Waals surface area (Å²) in [5.41, 5.74) is 6.03. The van der Waals surface area contributed by atoms with Crippen LogP contribution in [0.15, 0.2) is 146 Å². The van der Waals surface area contributed by atoms with Gasteiger partial charge in [-0.1, -0.05) is 91.0 Å². The van der Waals surface area contributed by atoms with E-state index in [0.29, 0.717) is 0 Å². The van der Waals surface area contributed by atoms with Gasteiger partial charge in [0.2, 0.25) is 0 Å². The fourth-order valence-corrected chi connectivity index (χ4v) is 6.81. The van der Waals surface area contributed by atoms with E-state index in [1.807, 2.05) is 0 Å². The average molecular weight is 509 g/mol. The fourth-order valence-electron chi connectivity index (χ4n) is 6.81. The Kier molecular flexibility index (Phi) is 4.36. The third-order valence-corrected chi connectivity index (χ3v) is 8.53. The van der Waals surface area contributed by atoms with E-state index in [4.69, 9.17) is 0 Å². The summed E-state index contributed by atoms with van der Waals surface area (Å²) in [5, 5.41) is 11.6. The highest BCUT2D eigenvalue weighted by Crippen LogP contribution is 2.40. The van der Waals surface area contributed by atoms with E-state index >= 15 is 0 Å². The normalized spacial score (nSPS) is 12.0. The van der Waals surface area contributed by atoms with Crippen LogP contribution in [0.25, 0.3) is 76.4 Å². The molecule has 0 unspecified atom stereocenters. The number of aromatic nitrogens is 2. The van der Waals surface area contributed by atoms with Gasteiger partial charge in [0, 0.05) is 33.7 Å². The molecule has 0 fully saturated rings. The van der Waals surface area contributed by atoms with Gasteiger partial charge in [-0.25, -0.2) is 0 Å². The Morgan fingerprint density at radius 3 is 1.60 bits per heavy atom. The zero-order valence-corrected chi connectivity index (χ0v) is 21.8. The van der Waals surface area contributed by atoms with Gasteiger partial charge in [-0.2, -0.15) is 0 Å². The molecule has 0 saturated carbocycles. The largest absolute Gasteiger partial charge is 0.317 e. The van der Waals surface area contributed by atoms with Crippen molar-refractivity contribution in [1.82, 2.24) is 9.13 Å². The topological polar surface area (TPSA) is 9.86 Å². The second kappa shape index (κ2) is 8.08. The van der Waals surface area contributed by atoms with E-state index < -0.39 is 0 Å². The maximum atomic E-state index is 2.44. The van der Waals surface area contributed by atoms with Crippen LogP contribution in [0.2, 0.25) is 0 Å². The van der Waals surface area contributed by atoms with Crippen molar-refractivity contribution in [2.75, 3.05) is 0 Å². The lowest BCUT2D eigenvalue weighted by Gasteiger charge is -2.14. The lowest BCUT2D eigenvalue weighted by atomic mass is 9.94. The molecule has 0 saturated heterocycles. The first-order chi connectivity index (χ1) is 19.9. The standard InChI is InChI=1S/C38H24N2/c1-2-10-25(11-3-1)39-23-22-33-35(39)20-21-37-38(33)32-16-8-9-17-36(32)40(37)26-18-19-31-29-14-5-4-12-27(29)28-13-6-7-15-30(28)34(31)24-26/h1-24H. The molecule has 0 spiro atoms. The van der Waals surface area contributed by atoms with Crippen molar-refractivity contribution in [3.8, 4) is 11.4 Å². The number of hydrogen-bond acceptors (Lipinski definition) is 0. The van der Waals surface area contributed by atoms with Gasteiger partial charge in [-0.3, -0.25) is 0 Å². The van der Waals surface area contributed by atoms with Crippen molar-refractivity contribution in [1.29, 1.82) is 0 Å². The Morgan fingerprint density at radius 1 is 0.325 bits per heavy atom. The summed E-state index contributed by atoms with van der Waals surface area (Å²) in [6, 6.07) is 50.8. The summed E-state index contributed by atoms with van der Waals surface area (Å²) < 4.78 is 4.72. The van der Waals surface area contributed by atoms with Gasteiger partial charge in [0.1, 0.15) is 0 Å². The quantitative estimate of drug-likeness (QED) is 0.206. The molecule has 0 aliphatic heterocycles. The van der Waals surface area contributed by atoms with Crippen molar-refractivity contribution in [3.05, 3.63) is 146 Å². The number of hydrogen-bond donors (Lipinski definition) is 0. The predicted molar refractivity (Wildman–Crippen MR) is 170 cm³/mol. The highest BCUT2D eigenvalue weighted by Gasteiger charge is 2.17. The van der Waals surface area contributed by atoms with Gasteiger partial charge >= 0.3 is 0 Å². The van der Waals surface area contributed by atoms with Gasteiger partial charge in [-0.15, -0.1) is 0 Å². The second-order valence-corrected chi connectivity index (χ2v) is 10.6. The molecule has 0 aliphatic carbocycles. The molecule has 0 bridgehead atoms. The number of benzene rings is 7. The zero-order valence-electron chi connectivity index (χ0n) is 21.8. The minimum absolute atomic E-state index is 1.18. The van der Waals surface area contributed by atoms with Crippen LogP contribution in [-0.2, 0) is 0 Å². The fraction of sp³-hybridized carbons (Fsp3) is 0. The maximum absolute atomic E-state index is 2.44. The van der Waals surface area contributed by atoms with E-state index in [-0.39, 0.29) is 0 Å². The van der Waals surface area contributed by atoms with Crippen LogP contribution in [0.1, 0.15) is 0 Å². The molecule has 0 amide bonds. The first-order valence-corrected chi connectivity index (χ1v) is 13.8. The summed E-state index contributed by atoms with van der Waals surface area (Å²) >= 11 is 0. The first-order valence-electron chi connectivity index (χ1n) is 13.8. The Labute approximate surface area is 230 Å². The molecule has 9 aromatic rings. The molecule has 0 N–H and O–H groups in total. The summed E-state index contributed by atoms with van der Waals surface area (Å²) in [7, 11) is 0. The highest BCUT2D eigenvalue weighted by molar-refractivity contribution is 6.26. The molecular weight excluding hydrogens is 484 g/mol. The molecule has 186 valence electrons. The van der Waals surface area contributed by atoms with Crippen LogP contribution in [0.3, 0.4) is 0 Å². The predicted octanol–water partition coefficient (Wildman–Crippen LogP) is 10.2. The van der Waals surface area contributed by atoms with Crippen molar-refractivity contribution in [2.45, 2.75) is 0 Å². The minimum atomic E-state index is 1.18. The van der Waals surface area contributed by atoms with E-state index in [2.05, 4.69) is 155 Å². The zero-order chi connectivity index (χ0) is 26.2. The van der Waals surface area contributed by atoms with Crippen LogP contribution >= 0.6 is 0 Å². The third kappa shape index (κ3) is 2.88. The second-order valence-electron chi connectivity index (χ2n) is 10.6. The Hall–Kier alpha value is -5.34. The molecule has 9 rings (SSSR count). The number of rotatable bonds is 2. The van der Waals surface area contributed by atoms with Crippen molar-refractivity contribution in [2.24, 2.45) is 0 Å². The lowest BCUT2D eigenvalue weighted by molar-refractivity contribution is 1.13. The number of nitrogens with zero attached hydrogens (tertiary/aromatic N) is 2. The molecule has 2 nitrogen and oxygen atoms in total. The Morgan fingerprint density at radius 2 is 0.875 bits per heavy atom. The van der Waals surface area contributed by atoms with E-state index in [1.54, 1.807) is 0 Å². The average Bonchev–Trinajstić information content (AvgIpc) is 3.61. The SMILES string of the molecule is c1ccc(-n2ccc3c4c5ccccc5n(-c5ccc6c7ccccc7c7ccccc7c6c5)c4ccc32)cc1. The van der Waals surface area contributed by atoms with Gasteiger partial charge in [0.25, 0.3) is 0 Å². The van der Waals surface area contributed by atoms with Crippen molar-refractivity contribution < 1.29 is 0 Å². The molecule has 2 heteroatoms. The van der Waals surface area contributed by atoms with Gasteiger partial charge in [0.15, 0.2) is 0 Å². The lowest BCUT2D eigenvalue weighted by Crippen LogP contribution is -1.95. The van der Waals surface area contributed by atoms with Gasteiger partial charge < -0.3 is 9.13 Å². The molecule has 7 aromatic carbocycles. The van der Waals surface area contributed by atoms with Crippen molar-refractivity contribution in [3.63, 3.8) is 0 Å². The molecule has 2 aromatic heterocycles. The molecule has 40 heavy (non-hydrogen) atoms. The summed E-state index contributed by atoms with van der Waals surface area (Å²) in [5.74, 6) is 0.